The Kier molecular flexibility index (Phi) is 11.4. The number of rotatable bonds is 5. The summed E-state index contributed by atoms with van der Waals surface area (Å²) in [6.07, 6.45) is 3.60. The largest absolute Gasteiger partial charge is 0.370 e. The first-order valence-electron chi connectivity index (χ1n) is 6.62. The molecule has 0 unspecified atom stereocenters. The fourth-order valence-electron chi connectivity index (χ4n) is 1.43. The lowest BCUT2D eigenvalue weighted by Crippen LogP contribution is -2.30. The van der Waals surface area contributed by atoms with Crippen LogP contribution in [0.2, 0.25) is 5.02 Å². The zero-order valence-corrected chi connectivity index (χ0v) is 14.0. The molecule has 21 heavy (non-hydrogen) atoms. The van der Waals surface area contributed by atoms with Crippen molar-refractivity contribution in [1.29, 1.82) is 0 Å². The standard InChI is InChI=1S/C13H20ClN5.CH3Cl/c1-2-3-7-17-13(19-12(15)16)18-9-10-5-4-6-11(14)8-10;1-2/h4-6,8H,2-3,7,9H2,1H3,(H5,15,16,17,18,19);1H3. The van der Waals surface area contributed by atoms with E-state index in [2.05, 4.69) is 33.8 Å². The van der Waals surface area contributed by atoms with Gasteiger partial charge in [0.05, 0.1) is 6.54 Å². The van der Waals surface area contributed by atoms with E-state index in [0.29, 0.717) is 17.5 Å². The molecule has 0 atom stereocenters. The minimum Gasteiger partial charge on any atom is -0.370 e. The van der Waals surface area contributed by atoms with Crippen molar-refractivity contribution in [3.05, 3.63) is 34.9 Å². The Hall–Kier alpha value is -1.46. The molecule has 1 aromatic rings. The number of nitrogens with zero attached hydrogens (tertiary/aromatic N) is 2. The molecule has 0 amide bonds. The number of alkyl halides is 1. The first-order valence-corrected chi connectivity index (χ1v) is 7.75. The first kappa shape index (κ1) is 19.5. The summed E-state index contributed by atoms with van der Waals surface area (Å²) in [5, 5.41) is 3.80. The molecule has 0 aliphatic heterocycles. The predicted octanol–water partition coefficient (Wildman–Crippen LogP) is 2.71. The van der Waals surface area contributed by atoms with Gasteiger partial charge in [-0.1, -0.05) is 37.1 Å². The molecule has 1 aromatic carbocycles. The molecule has 5 nitrogen and oxygen atoms in total. The lowest BCUT2D eigenvalue weighted by atomic mass is 10.2. The number of hydrogen-bond donors (Lipinski definition) is 3. The Labute approximate surface area is 136 Å². The summed E-state index contributed by atoms with van der Waals surface area (Å²) in [7, 11) is 0. The number of guanidine groups is 2. The van der Waals surface area contributed by atoms with Crippen molar-refractivity contribution in [3.63, 3.8) is 0 Å². The fourth-order valence-corrected chi connectivity index (χ4v) is 1.64. The third-order valence-electron chi connectivity index (χ3n) is 2.35. The van der Waals surface area contributed by atoms with Gasteiger partial charge in [0.25, 0.3) is 0 Å². The van der Waals surface area contributed by atoms with Crippen molar-refractivity contribution >= 4 is 35.1 Å². The molecule has 0 aliphatic rings. The molecule has 0 saturated heterocycles. The van der Waals surface area contributed by atoms with E-state index in [4.69, 9.17) is 23.1 Å². The van der Waals surface area contributed by atoms with E-state index in [9.17, 15) is 0 Å². The topological polar surface area (TPSA) is 88.8 Å². The van der Waals surface area contributed by atoms with E-state index in [1.165, 1.54) is 6.38 Å². The van der Waals surface area contributed by atoms with Crippen molar-refractivity contribution in [2.24, 2.45) is 21.5 Å². The van der Waals surface area contributed by atoms with E-state index < -0.39 is 0 Å². The molecule has 0 aromatic heterocycles. The predicted molar refractivity (Wildman–Crippen MR) is 93.1 cm³/mol. The summed E-state index contributed by atoms with van der Waals surface area (Å²) in [4.78, 5) is 8.31. The Balaban J connectivity index is 0.00000191. The lowest BCUT2D eigenvalue weighted by molar-refractivity contribution is 0.748. The lowest BCUT2D eigenvalue weighted by Gasteiger charge is -2.05. The highest BCUT2D eigenvalue weighted by Gasteiger charge is 1.98. The number of halogens is 2. The van der Waals surface area contributed by atoms with E-state index in [1.54, 1.807) is 0 Å². The normalized spacial score (nSPS) is 10.4. The number of nitrogens with one attached hydrogen (secondary N) is 1. The SMILES string of the molecule is CCCCNC(N=C(N)N)=NCc1cccc(Cl)c1.CCl. The summed E-state index contributed by atoms with van der Waals surface area (Å²) in [6.45, 7) is 3.39. The number of benzene rings is 1. The summed E-state index contributed by atoms with van der Waals surface area (Å²) in [5.74, 6) is 0.447. The van der Waals surface area contributed by atoms with Gasteiger partial charge in [-0.25, -0.2) is 4.99 Å². The van der Waals surface area contributed by atoms with Gasteiger partial charge in [0.1, 0.15) is 0 Å². The van der Waals surface area contributed by atoms with Gasteiger partial charge in [0.15, 0.2) is 5.96 Å². The molecule has 0 fully saturated rings. The molecule has 0 heterocycles. The summed E-state index contributed by atoms with van der Waals surface area (Å²) >= 11 is 10.6. The monoisotopic (exact) mass is 331 g/mol. The van der Waals surface area contributed by atoms with Gasteiger partial charge in [0, 0.05) is 18.0 Å². The average Bonchev–Trinajstić information content (AvgIpc) is 2.46. The first-order chi connectivity index (χ1) is 10.1. The van der Waals surface area contributed by atoms with Gasteiger partial charge < -0.3 is 16.8 Å². The van der Waals surface area contributed by atoms with Crippen molar-refractivity contribution in [1.82, 2.24) is 5.32 Å². The van der Waals surface area contributed by atoms with Crippen LogP contribution in [0.4, 0.5) is 0 Å². The number of nitrogens with two attached hydrogens (primary N) is 2. The van der Waals surface area contributed by atoms with E-state index >= 15 is 0 Å². The second-order valence-corrected chi connectivity index (χ2v) is 4.52. The number of unbranched alkanes of at least 4 members (excludes halogenated alkanes) is 1. The van der Waals surface area contributed by atoms with Crippen LogP contribution >= 0.6 is 23.2 Å². The van der Waals surface area contributed by atoms with Crippen molar-refractivity contribution in [3.8, 4) is 0 Å². The second-order valence-electron chi connectivity index (χ2n) is 4.09. The summed E-state index contributed by atoms with van der Waals surface area (Å²) < 4.78 is 0. The highest BCUT2D eigenvalue weighted by molar-refractivity contribution is 6.30. The molecule has 5 N–H and O–H groups in total. The third-order valence-corrected chi connectivity index (χ3v) is 2.58. The number of hydrogen-bond acceptors (Lipinski definition) is 1. The van der Waals surface area contributed by atoms with Crippen LogP contribution in [0, 0.1) is 0 Å². The Morgan fingerprint density at radius 2 is 2.00 bits per heavy atom. The average molecular weight is 332 g/mol. The molecule has 0 saturated carbocycles. The van der Waals surface area contributed by atoms with Gasteiger partial charge in [-0.3, -0.25) is 0 Å². The summed E-state index contributed by atoms with van der Waals surface area (Å²) in [5.41, 5.74) is 11.8. The molecule has 0 aliphatic carbocycles. The smallest absolute Gasteiger partial charge is 0.221 e. The van der Waals surface area contributed by atoms with Crippen LogP contribution in [0.3, 0.4) is 0 Å². The Morgan fingerprint density at radius 3 is 2.57 bits per heavy atom. The molecule has 7 heteroatoms. The zero-order chi connectivity index (χ0) is 16.1. The Morgan fingerprint density at radius 1 is 1.29 bits per heavy atom. The maximum absolute atomic E-state index is 5.92. The zero-order valence-electron chi connectivity index (χ0n) is 12.4. The quantitative estimate of drug-likeness (QED) is 0.335. The van der Waals surface area contributed by atoms with Crippen LogP contribution in [0.1, 0.15) is 25.3 Å². The van der Waals surface area contributed by atoms with Crippen LogP contribution in [-0.2, 0) is 6.54 Å². The fraction of sp³-hybridized carbons (Fsp3) is 0.429. The molecular formula is C14H23Cl2N5. The molecule has 1 rings (SSSR count). The van der Waals surface area contributed by atoms with E-state index in [-0.39, 0.29) is 5.96 Å². The van der Waals surface area contributed by atoms with E-state index in [0.717, 1.165) is 24.9 Å². The minimum atomic E-state index is -0.00570. The van der Waals surface area contributed by atoms with Gasteiger partial charge in [0.2, 0.25) is 5.96 Å². The van der Waals surface area contributed by atoms with Crippen LogP contribution < -0.4 is 16.8 Å². The molecule has 0 bridgehead atoms. The molecule has 0 radical (unpaired) electrons. The molecule has 118 valence electrons. The van der Waals surface area contributed by atoms with Crippen LogP contribution in [0.5, 0.6) is 0 Å². The minimum absolute atomic E-state index is 0.00570. The number of aliphatic imine (C=N–C) groups is 2. The van der Waals surface area contributed by atoms with Crippen molar-refractivity contribution in [2.75, 3.05) is 12.9 Å². The van der Waals surface area contributed by atoms with Crippen molar-refractivity contribution < 1.29 is 0 Å². The summed E-state index contributed by atoms with van der Waals surface area (Å²) in [6, 6.07) is 7.53. The van der Waals surface area contributed by atoms with Gasteiger partial charge >= 0.3 is 0 Å². The van der Waals surface area contributed by atoms with Crippen molar-refractivity contribution in [2.45, 2.75) is 26.3 Å². The highest BCUT2D eigenvalue weighted by Crippen LogP contribution is 2.11. The maximum Gasteiger partial charge on any atom is 0.221 e. The second kappa shape index (κ2) is 12.3. The van der Waals surface area contributed by atoms with Gasteiger partial charge in [-0.2, -0.15) is 4.99 Å². The molecular weight excluding hydrogens is 309 g/mol. The Bertz CT molecular complexity index is 456. The maximum atomic E-state index is 5.92. The van der Waals surface area contributed by atoms with E-state index in [1.807, 2.05) is 24.3 Å². The van der Waals surface area contributed by atoms with Crippen LogP contribution in [0.15, 0.2) is 34.3 Å². The van der Waals surface area contributed by atoms with Crippen LogP contribution in [0.25, 0.3) is 0 Å². The third kappa shape index (κ3) is 9.98. The molecule has 0 spiro atoms. The van der Waals surface area contributed by atoms with Gasteiger partial charge in [-0.05, 0) is 24.1 Å². The highest BCUT2D eigenvalue weighted by atomic mass is 35.5. The van der Waals surface area contributed by atoms with Crippen LogP contribution in [-0.4, -0.2) is 24.8 Å². The van der Waals surface area contributed by atoms with Gasteiger partial charge in [-0.15, -0.1) is 11.6 Å².